The minimum Gasteiger partial charge on any atom is -0.354 e. The summed E-state index contributed by atoms with van der Waals surface area (Å²) in [5.74, 6) is 1.56. The van der Waals surface area contributed by atoms with Gasteiger partial charge >= 0.3 is 0 Å². The number of nitrogens with one attached hydrogen (secondary N) is 1. The van der Waals surface area contributed by atoms with Gasteiger partial charge in [-0.3, -0.25) is 9.69 Å². The SMILES string of the molecule is CC(C)N1CCN(C(=O)C2CN(c3c4c(nc5ccnn35)CCNCC4)C2)CC1. The molecule has 0 saturated carbocycles. The summed E-state index contributed by atoms with van der Waals surface area (Å²) >= 11 is 0. The van der Waals surface area contributed by atoms with Crippen LogP contribution in [0.3, 0.4) is 0 Å². The van der Waals surface area contributed by atoms with Gasteiger partial charge in [0.2, 0.25) is 5.91 Å². The number of hydrogen-bond acceptors (Lipinski definition) is 6. The number of piperazine rings is 1. The van der Waals surface area contributed by atoms with Gasteiger partial charge in [-0.05, 0) is 26.8 Å². The van der Waals surface area contributed by atoms with E-state index in [9.17, 15) is 4.79 Å². The van der Waals surface area contributed by atoms with E-state index in [4.69, 9.17) is 4.98 Å². The quantitative estimate of drug-likeness (QED) is 0.809. The topological polar surface area (TPSA) is 69.0 Å². The predicted molar refractivity (Wildman–Crippen MR) is 112 cm³/mol. The Morgan fingerprint density at radius 3 is 2.66 bits per heavy atom. The molecule has 2 aromatic rings. The molecule has 2 aromatic heterocycles. The molecule has 0 bridgehead atoms. The Bertz CT molecular complexity index is 894. The molecule has 1 N–H and O–H groups in total. The lowest BCUT2D eigenvalue weighted by atomic mass is 9.96. The molecule has 29 heavy (non-hydrogen) atoms. The molecule has 3 aliphatic heterocycles. The fourth-order valence-corrected chi connectivity index (χ4v) is 4.86. The normalized spacial score (nSPS) is 21.3. The maximum atomic E-state index is 13.0. The van der Waals surface area contributed by atoms with Crippen molar-refractivity contribution in [2.75, 3.05) is 57.3 Å². The highest BCUT2D eigenvalue weighted by molar-refractivity contribution is 5.82. The zero-order valence-corrected chi connectivity index (χ0v) is 17.5. The Labute approximate surface area is 171 Å². The molecule has 2 fully saturated rings. The summed E-state index contributed by atoms with van der Waals surface area (Å²) in [5.41, 5.74) is 3.38. The lowest BCUT2D eigenvalue weighted by Gasteiger charge is -2.44. The molecule has 0 spiro atoms. The summed E-state index contributed by atoms with van der Waals surface area (Å²) in [6.45, 7) is 11.6. The van der Waals surface area contributed by atoms with Crippen LogP contribution in [0.1, 0.15) is 25.1 Å². The van der Waals surface area contributed by atoms with Gasteiger partial charge in [-0.15, -0.1) is 0 Å². The van der Waals surface area contributed by atoms with E-state index in [2.05, 4.69) is 39.0 Å². The third-order valence-corrected chi connectivity index (χ3v) is 6.67. The van der Waals surface area contributed by atoms with Crippen LogP contribution in [-0.2, 0) is 17.6 Å². The number of carbonyl (C=O) groups is 1. The van der Waals surface area contributed by atoms with E-state index in [0.29, 0.717) is 11.9 Å². The summed E-state index contributed by atoms with van der Waals surface area (Å²) in [6, 6.07) is 2.53. The zero-order valence-electron chi connectivity index (χ0n) is 17.5. The van der Waals surface area contributed by atoms with Gasteiger partial charge < -0.3 is 15.1 Å². The lowest BCUT2D eigenvalue weighted by molar-refractivity contribution is -0.138. The monoisotopic (exact) mass is 397 g/mol. The van der Waals surface area contributed by atoms with Crippen molar-refractivity contribution in [1.29, 1.82) is 0 Å². The second-order valence-electron chi connectivity index (χ2n) is 8.77. The molecule has 5 rings (SSSR count). The fourth-order valence-electron chi connectivity index (χ4n) is 4.86. The Morgan fingerprint density at radius 2 is 1.90 bits per heavy atom. The third kappa shape index (κ3) is 3.38. The van der Waals surface area contributed by atoms with Gasteiger partial charge in [0, 0.05) is 69.9 Å². The molecule has 1 amide bonds. The highest BCUT2D eigenvalue weighted by atomic mass is 16.2. The predicted octanol–water partition coefficient (Wildman–Crippen LogP) is 0.406. The fraction of sp³-hybridized carbons (Fsp3) is 0.667. The first kappa shape index (κ1) is 18.8. The summed E-state index contributed by atoms with van der Waals surface area (Å²) in [7, 11) is 0. The highest BCUT2D eigenvalue weighted by Crippen LogP contribution is 2.32. The van der Waals surface area contributed by atoms with E-state index in [1.165, 1.54) is 11.3 Å². The van der Waals surface area contributed by atoms with Crippen LogP contribution in [0.15, 0.2) is 12.3 Å². The minimum atomic E-state index is 0.0962. The first-order chi connectivity index (χ1) is 14.1. The first-order valence-electron chi connectivity index (χ1n) is 11.0. The van der Waals surface area contributed by atoms with E-state index in [1.54, 1.807) is 0 Å². The van der Waals surface area contributed by atoms with E-state index < -0.39 is 0 Å². The van der Waals surface area contributed by atoms with Gasteiger partial charge in [0.1, 0.15) is 5.82 Å². The van der Waals surface area contributed by atoms with E-state index in [-0.39, 0.29) is 5.92 Å². The first-order valence-corrected chi connectivity index (χ1v) is 11.0. The van der Waals surface area contributed by atoms with Crippen molar-refractivity contribution in [3.63, 3.8) is 0 Å². The summed E-state index contributed by atoms with van der Waals surface area (Å²) in [4.78, 5) is 24.7. The van der Waals surface area contributed by atoms with Gasteiger partial charge in [-0.2, -0.15) is 9.61 Å². The number of hydrogen-bond donors (Lipinski definition) is 1. The van der Waals surface area contributed by atoms with Gasteiger partial charge in [-0.25, -0.2) is 4.98 Å². The van der Waals surface area contributed by atoms with Crippen LogP contribution in [0.4, 0.5) is 5.82 Å². The van der Waals surface area contributed by atoms with Crippen molar-refractivity contribution >= 4 is 17.4 Å². The standard InChI is InChI=1S/C21H31N7O/c1-15(2)25-9-11-26(12-10-25)21(29)16-13-27(14-16)20-17-3-6-22-7-4-18(17)24-19-5-8-23-28(19)20/h5,8,15-16,22H,3-4,6-7,9-14H2,1-2H3. The Balaban J connectivity index is 1.31. The second kappa shape index (κ2) is 7.57. The van der Waals surface area contributed by atoms with Gasteiger partial charge in [0.05, 0.1) is 17.8 Å². The molecular formula is C21H31N7O. The average Bonchev–Trinajstić information content (AvgIpc) is 3.03. The summed E-state index contributed by atoms with van der Waals surface area (Å²) in [6.07, 6.45) is 3.72. The van der Waals surface area contributed by atoms with Crippen molar-refractivity contribution in [2.45, 2.75) is 32.7 Å². The molecular weight excluding hydrogens is 366 g/mol. The molecule has 8 nitrogen and oxygen atoms in total. The zero-order chi connectivity index (χ0) is 20.0. The summed E-state index contributed by atoms with van der Waals surface area (Å²) in [5, 5.41) is 8.01. The molecule has 0 unspecified atom stereocenters. The highest BCUT2D eigenvalue weighted by Gasteiger charge is 2.39. The molecule has 0 aromatic carbocycles. The molecule has 3 aliphatic rings. The summed E-state index contributed by atoms with van der Waals surface area (Å²) < 4.78 is 1.96. The molecule has 5 heterocycles. The van der Waals surface area contributed by atoms with Crippen LogP contribution in [0.25, 0.3) is 5.65 Å². The minimum absolute atomic E-state index is 0.0962. The Morgan fingerprint density at radius 1 is 1.14 bits per heavy atom. The number of rotatable bonds is 3. The van der Waals surface area contributed by atoms with Gasteiger partial charge in [0.15, 0.2) is 5.65 Å². The number of anilines is 1. The molecule has 0 atom stereocenters. The van der Waals surface area contributed by atoms with E-state index in [1.807, 2.05) is 16.8 Å². The average molecular weight is 398 g/mol. The Hall–Kier alpha value is -2.19. The number of fused-ring (bicyclic) bond motifs is 2. The van der Waals surface area contributed by atoms with Crippen LogP contribution in [-0.4, -0.2) is 88.7 Å². The third-order valence-electron chi connectivity index (χ3n) is 6.67. The van der Waals surface area contributed by atoms with E-state index in [0.717, 1.165) is 76.7 Å². The lowest BCUT2D eigenvalue weighted by Crippen LogP contribution is -2.59. The van der Waals surface area contributed by atoms with Gasteiger partial charge in [-0.1, -0.05) is 0 Å². The van der Waals surface area contributed by atoms with Crippen LogP contribution < -0.4 is 10.2 Å². The maximum absolute atomic E-state index is 13.0. The van der Waals surface area contributed by atoms with Crippen LogP contribution in [0, 0.1) is 5.92 Å². The number of amides is 1. The van der Waals surface area contributed by atoms with Crippen LogP contribution >= 0.6 is 0 Å². The van der Waals surface area contributed by atoms with E-state index >= 15 is 0 Å². The molecule has 8 heteroatoms. The number of nitrogens with zero attached hydrogens (tertiary/aromatic N) is 6. The molecule has 0 radical (unpaired) electrons. The van der Waals surface area contributed by atoms with Crippen molar-refractivity contribution in [1.82, 2.24) is 29.7 Å². The molecule has 2 saturated heterocycles. The maximum Gasteiger partial charge on any atom is 0.229 e. The van der Waals surface area contributed by atoms with Crippen molar-refractivity contribution in [2.24, 2.45) is 5.92 Å². The smallest absolute Gasteiger partial charge is 0.229 e. The molecule has 156 valence electrons. The number of carbonyl (C=O) groups excluding carboxylic acids is 1. The molecule has 0 aliphatic carbocycles. The largest absolute Gasteiger partial charge is 0.354 e. The van der Waals surface area contributed by atoms with Crippen LogP contribution in [0.2, 0.25) is 0 Å². The second-order valence-corrected chi connectivity index (χ2v) is 8.77. The van der Waals surface area contributed by atoms with Crippen molar-refractivity contribution in [3.8, 4) is 0 Å². The van der Waals surface area contributed by atoms with Crippen molar-refractivity contribution < 1.29 is 4.79 Å². The van der Waals surface area contributed by atoms with Crippen LogP contribution in [0.5, 0.6) is 0 Å². The Kier molecular flexibility index (Phi) is 4.91. The van der Waals surface area contributed by atoms with Crippen molar-refractivity contribution in [3.05, 3.63) is 23.5 Å². The number of aromatic nitrogens is 3. The van der Waals surface area contributed by atoms with Gasteiger partial charge in [0.25, 0.3) is 0 Å².